The average Bonchev–Trinajstić information content (AvgIpc) is 3.18. The van der Waals surface area contributed by atoms with Crippen LogP contribution in [0.2, 0.25) is 0 Å². The highest BCUT2D eigenvalue weighted by molar-refractivity contribution is 7.89. The topological polar surface area (TPSA) is 113 Å². The van der Waals surface area contributed by atoms with Crippen LogP contribution in [0.5, 0.6) is 0 Å². The van der Waals surface area contributed by atoms with Gasteiger partial charge in [0.05, 0.1) is 9.79 Å². The van der Waals surface area contributed by atoms with Crippen LogP contribution in [0.3, 0.4) is 0 Å². The number of benzene rings is 2. The van der Waals surface area contributed by atoms with Crippen LogP contribution in [-0.4, -0.2) is 45.2 Å². The molecule has 1 saturated heterocycles. The molecule has 3 rings (SSSR count). The summed E-state index contributed by atoms with van der Waals surface area (Å²) in [4.78, 5) is 13.1. The summed E-state index contributed by atoms with van der Waals surface area (Å²) in [7, 11) is -7.60. The van der Waals surface area contributed by atoms with Gasteiger partial charge in [0.25, 0.3) is 0 Å². The van der Waals surface area contributed by atoms with Crippen LogP contribution in [-0.2, 0) is 24.8 Å². The lowest BCUT2D eigenvalue weighted by atomic mass is 10.1. The van der Waals surface area contributed by atoms with Gasteiger partial charge in [-0.1, -0.05) is 23.8 Å². The summed E-state index contributed by atoms with van der Waals surface area (Å²) < 4.78 is 55.2. The lowest BCUT2D eigenvalue weighted by Gasteiger charge is -2.24. The first kappa shape index (κ1) is 24.4. The van der Waals surface area contributed by atoms with E-state index in [4.69, 9.17) is 0 Å². The lowest BCUT2D eigenvalue weighted by molar-refractivity contribution is -0.119. The molecule has 1 atom stereocenters. The van der Waals surface area contributed by atoms with Crippen LogP contribution in [0.25, 0.3) is 0 Å². The minimum absolute atomic E-state index is 0.0146. The first-order valence-electron chi connectivity index (χ1n) is 10.3. The number of hydrogen-bond donors (Lipinski definition) is 2. The third-order valence-corrected chi connectivity index (χ3v) is 8.66. The number of carbonyl (C=O) groups is 1. The molecule has 0 aliphatic carbocycles. The maximum absolute atomic E-state index is 13.1. The van der Waals surface area contributed by atoms with Crippen molar-refractivity contribution in [3.8, 4) is 0 Å². The van der Waals surface area contributed by atoms with Gasteiger partial charge in [-0.05, 0) is 70.9 Å². The smallest absolute Gasteiger partial charge is 0.243 e. The van der Waals surface area contributed by atoms with E-state index in [-0.39, 0.29) is 22.0 Å². The Balaban J connectivity index is 1.80. The molecule has 1 amide bonds. The van der Waals surface area contributed by atoms with E-state index < -0.39 is 37.5 Å². The van der Waals surface area contributed by atoms with E-state index in [1.165, 1.54) is 34.6 Å². The predicted octanol–water partition coefficient (Wildman–Crippen LogP) is 2.86. The van der Waals surface area contributed by atoms with Crippen molar-refractivity contribution in [1.82, 2.24) is 9.03 Å². The molecule has 0 saturated carbocycles. The van der Waals surface area contributed by atoms with Crippen molar-refractivity contribution in [1.29, 1.82) is 0 Å². The van der Waals surface area contributed by atoms with Crippen molar-refractivity contribution in [2.45, 2.75) is 61.9 Å². The normalized spacial score (nSPS) is 17.9. The van der Waals surface area contributed by atoms with Gasteiger partial charge in [-0.2, -0.15) is 4.31 Å². The molecule has 1 aliphatic heterocycles. The maximum atomic E-state index is 13.1. The molecular formula is C22H29N3O5S2. The van der Waals surface area contributed by atoms with Crippen molar-refractivity contribution in [2.24, 2.45) is 0 Å². The largest absolute Gasteiger partial charge is 0.325 e. The standard InChI is InChI=1S/C22H29N3O5S2/c1-16-10-12-18(13-11-16)32(29,30)25-14-6-9-20(25)21(26)23-17-7-5-8-19(15-17)31(27,28)24-22(2,3)4/h5,7-8,10-13,15,20,24H,6,9,14H2,1-4H3,(H,23,26)/t20-/m0/s1. The highest BCUT2D eigenvalue weighted by atomic mass is 32.2. The number of carbonyl (C=O) groups excluding carboxylic acids is 1. The molecule has 2 aromatic rings. The molecule has 1 fully saturated rings. The molecule has 0 bridgehead atoms. The quantitative estimate of drug-likeness (QED) is 0.662. The number of nitrogens with one attached hydrogen (secondary N) is 2. The number of nitrogens with zero attached hydrogens (tertiary/aromatic N) is 1. The van der Waals surface area contributed by atoms with Gasteiger partial charge in [-0.25, -0.2) is 21.6 Å². The van der Waals surface area contributed by atoms with E-state index >= 15 is 0 Å². The minimum Gasteiger partial charge on any atom is -0.325 e. The second-order valence-corrected chi connectivity index (χ2v) is 12.5. The van der Waals surface area contributed by atoms with Gasteiger partial charge in [0.1, 0.15) is 6.04 Å². The number of rotatable bonds is 6. The van der Waals surface area contributed by atoms with Crippen LogP contribution in [0.1, 0.15) is 39.2 Å². The number of amides is 1. The average molecular weight is 480 g/mol. The Labute approximate surface area is 190 Å². The van der Waals surface area contributed by atoms with Gasteiger partial charge >= 0.3 is 0 Å². The van der Waals surface area contributed by atoms with E-state index in [1.807, 2.05) is 6.92 Å². The summed E-state index contributed by atoms with van der Waals surface area (Å²) in [6.45, 7) is 7.32. The molecule has 1 heterocycles. The van der Waals surface area contributed by atoms with Crippen molar-refractivity contribution in [3.05, 3.63) is 54.1 Å². The first-order chi connectivity index (χ1) is 14.8. The zero-order valence-electron chi connectivity index (χ0n) is 18.6. The summed E-state index contributed by atoms with van der Waals surface area (Å²) in [6.07, 6.45) is 0.952. The number of aryl methyl sites for hydroxylation is 1. The Kier molecular flexibility index (Phi) is 6.80. The Hall–Kier alpha value is -2.27. The summed E-state index contributed by atoms with van der Waals surface area (Å²) in [5, 5.41) is 2.68. The van der Waals surface area contributed by atoms with Crippen LogP contribution >= 0.6 is 0 Å². The fourth-order valence-corrected chi connectivity index (χ4v) is 6.68. The fourth-order valence-electron chi connectivity index (χ4n) is 3.56. The lowest BCUT2D eigenvalue weighted by Crippen LogP contribution is -2.43. The number of sulfonamides is 2. The Morgan fingerprint density at radius 2 is 1.66 bits per heavy atom. The molecule has 8 nitrogen and oxygen atoms in total. The zero-order chi connectivity index (χ0) is 23.7. The van der Waals surface area contributed by atoms with E-state index in [1.54, 1.807) is 39.0 Å². The Morgan fingerprint density at radius 3 is 2.28 bits per heavy atom. The second kappa shape index (κ2) is 8.93. The minimum atomic E-state index is -3.83. The highest BCUT2D eigenvalue weighted by Gasteiger charge is 2.39. The van der Waals surface area contributed by atoms with Gasteiger partial charge in [-0.3, -0.25) is 4.79 Å². The van der Waals surface area contributed by atoms with Gasteiger partial charge in [0, 0.05) is 17.8 Å². The molecule has 10 heteroatoms. The first-order valence-corrected chi connectivity index (χ1v) is 13.3. The summed E-state index contributed by atoms with van der Waals surface area (Å²) in [5.41, 5.74) is 0.564. The third kappa shape index (κ3) is 5.55. The van der Waals surface area contributed by atoms with Crippen molar-refractivity contribution >= 4 is 31.6 Å². The van der Waals surface area contributed by atoms with Crippen molar-refractivity contribution < 1.29 is 21.6 Å². The predicted molar refractivity (Wildman–Crippen MR) is 123 cm³/mol. The van der Waals surface area contributed by atoms with Gasteiger partial charge < -0.3 is 5.32 Å². The van der Waals surface area contributed by atoms with Crippen molar-refractivity contribution in [2.75, 3.05) is 11.9 Å². The highest BCUT2D eigenvalue weighted by Crippen LogP contribution is 2.27. The van der Waals surface area contributed by atoms with E-state index in [0.29, 0.717) is 12.8 Å². The molecule has 32 heavy (non-hydrogen) atoms. The Morgan fingerprint density at radius 1 is 1.00 bits per heavy atom. The van der Waals surface area contributed by atoms with Gasteiger partial charge in [-0.15, -0.1) is 0 Å². The molecule has 2 N–H and O–H groups in total. The van der Waals surface area contributed by atoms with Crippen LogP contribution in [0, 0.1) is 6.92 Å². The van der Waals surface area contributed by atoms with E-state index in [0.717, 1.165) is 5.56 Å². The fraction of sp³-hybridized carbons (Fsp3) is 0.409. The Bertz CT molecular complexity index is 1200. The van der Waals surface area contributed by atoms with Gasteiger partial charge in [0.15, 0.2) is 0 Å². The third-order valence-electron chi connectivity index (χ3n) is 4.99. The number of anilines is 1. The molecule has 0 radical (unpaired) electrons. The summed E-state index contributed by atoms with van der Waals surface area (Å²) >= 11 is 0. The molecule has 0 aromatic heterocycles. The van der Waals surface area contributed by atoms with Crippen LogP contribution in [0.15, 0.2) is 58.3 Å². The van der Waals surface area contributed by atoms with Crippen LogP contribution in [0.4, 0.5) is 5.69 Å². The molecular weight excluding hydrogens is 450 g/mol. The van der Waals surface area contributed by atoms with Gasteiger partial charge in [0.2, 0.25) is 26.0 Å². The second-order valence-electron chi connectivity index (χ2n) is 8.96. The van der Waals surface area contributed by atoms with Crippen LogP contribution < -0.4 is 10.0 Å². The zero-order valence-corrected chi connectivity index (χ0v) is 20.3. The molecule has 0 unspecified atom stereocenters. The summed E-state index contributed by atoms with van der Waals surface area (Å²) in [5.74, 6) is -0.489. The molecule has 1 aliphatic rings. The van der Waals surface area contributed by atoms with Crippen molar-refractivity contribution in [3.63, 3.8) is 0 Å². The molecule has 0 spiro atoms. The van der Waals surface area contributed by atoms with E-state index in [9.17, 15) is 21.6 Å². The maximum Gasteiger partial charge on any atom is 0.243 e. The molecule has 2 aromatic carbocycles. The molecule has 174 valence electrons. The SMILES string of the molecule is Cc1ccc(S(=O)(=O)N2CCC[C@H]2C(=O)Nc2cccc(S(=O)(=O)NC(C)(C)C)c2)cc1. The number of hydrogen-bond acceptors (Lipinski definition) is 5. The van der Waals surface area contributed by atoms with E-state index in [2.05, 4.69) is 10.0 Å². The monoisotopic (exact) mass is 479 g/mol. The summed E-state index contributed by atoms with van der Waals surface area (Å²) in [6, 6.07) is 11.5.